The third-order valence-corrected chi connectivity index (χ3v) is 5.56. The molecular weight excluding hydrogens is 290 g/mol. The molecule has 7 heteroatoms. The predicted octanol–water partition coefficient (Wildman–Crippen LogP) is 0.774. The van der Waals surface area contributed by atoms with Crippen LogP contribution in [0.15, 0.2) is 23.1 Å². The molecule has 118 valence electrons. The van der Waals surface area contributed by atoms with Gasteiger partial charge in [-0.1, -0.05) is 0 Å². The van der Waals surface area contributed by atoms with Crippen LogP contribution in [0.4, 0.5) is 11.4 Å². The first-order chi connectivity index (χ1) is 9.85. The Kier molecular flexibility index (Phi) is 4.75. The molecule has 1 unspecified atom stereocenters. The molecule has 1 aliphatic rings. The van der Waals surface area contributed by atoms with Gasteiger partial charge in [0, 0.05) is 13.1 Å². The lowest BCUT2D eigenvalue weighted by Crippen LogP contribution is -2.37. The molecule has 0 bridgehead atoms. The van der Waals surface area contributed by atoms with Gasteiger partial charge in [0.05, 0.1) is 22.4 Å². The van der Waals surface area contributed by atoms with Crippen LogP contribution < -0.4 is 15.4 Å². The molecule has 0 aliphatic carbocycles. The number of sulfonamides is 1. The number of rotatable bonds is 4. The molecule has 6 nitrogen and oxygen atoms in total. The molecule has 0 spiro atoms. The molecule has 4 N–H and O–H groups in total. The van der Waals surface area contributed by atoms with Crippen molar-refractivity contribution in [1.82, 2.24) is 4.72 Å². The molecule has 0 amide bonds. The van der Waals surface area contributed by atoms with Gasteiger partial charge in [-0.05, 0) is 50.9 Å². The maximum absolute atomic E-state index is 11.9. The lowest BCUT2D eigenvalue weighted by molar-refractivity contribution is 0.110. The number of nitrogens with two attached hydrogens (primary N) is 1. The van der Waals surface area contributed by atoms with Crippen molar-refractivity contribution in [1.29, 1.82) is 0 Å². The summed E-state index contributed by atoms with van der Waals surface area (Å²) in [7, 11) is -2.08. The Morgan fingerprint density at radius 3 is 2.52 bits per heavy atom. The number of anilines is 2. The van der Waals surface area contributed by atoms with Crippen LogP contribution in [0.3, 0.4) is 0 Å². The first kappa shape index (κ1) is 16.1. The zero-order valence-electron chi connectivity index (χ0n) is 12.4. The standard InChI is InChI=1S/C14H23N3O3S/c1-10(18)11-5-7-17(8-6-11)14-9-12(3-4-13(14)15)21(19,20)16-2/h3-4,9-11,16,18H,5-8,15H2,1-2H3. The van der Waals surface area contributed by atoms with Crippen molar-refractivity contribution in [2.24, 2.45) is 5.92 Å². The van der Waals surface area contributed by atoms with Crippen molar-refractivity contribution < 1.29 is 13.5 Å². The minimum Gasteiger partial charge on any atom is -0.397 e. The van der Waals surface area contributed by atoms with Crippen LogP contribution in [0, 0.1) is 5.92 Å². The van der Waals surface area contributed by atoms with Crippen LogP contribution in [0.2, 0.25) is 0 Å². The van der Waals surface area contributed by atoms with Gasteiger partial charge in [0.1, 0.15) is 0 Å². The van der Waals surface area contributed by atoms with Crippen LogP contribution in [0.1, 0.15) is 19.8 Å². The van der Waals surface area contributed by atoms with Crippen LogP contribution in [-0.4, -0.2) is 39.8 Å². The van der Waals surface area contributed by atoms with Crippen molar-refractivity contribution in [3.63, 3.8) is 0 Å². The average Bonchev–Trinajstić information content (AvgIpc) is 2.47. The van der Waals surface area contributed by atoms with Crippen molar-refractivity contribution in [3.8, 4) is 0 Å². The molecule has 0 radical (unpaired) electrons. The van der Waals surface area contributed by atoms with Crippen LogP contribution in [0.25, 0.3) is 0 Å². The van der Waals surface area contributed by atoms with Crippen LogP contribution >= 0.6 is 0 Å². The van der Waals surface area contributed by atoms with Crippen molar-refractivity contribution in [2.45, 2.75) is 30.8 Å². The lowest BCUT2D eigenvalue weighted by atomic mass is 9.92. The fourth-order valence-electron chi connectivity index (χ4n) is 2.71. The Morgan fingerprint density at radius 1 is 1.38 bits per heavy atom. The molecule has 1 saturated heterocycles. The zero-order valence-corrected chi connectivity index (χ0v) is 13.2. The highest BCUT2D eigenvalue weighted by Gasteiger charge is 2.24. The Hall–Kier alpha value is -1.31. The van der Waals surface area contributed by atoms with Gasteiger partial charge in [-0.25, -0.2) is 13.1 Å². The number of nitrogens with one attached hydrogen (secondary N) is 1. The van der Waals surface area contributed by atoms with E-state index in [1.54, 1.807) is 12.1 Å². The SMILES string of the molecule is CNS(=O)(=O)c1ccc(N)c(N2CCC(C(C)O)CC2)c1. The zero-order chi connectivity index (χ0) is 15.6. The fraction of sp³-hybridized carbons (Fsp3) is 0.571. The highest BCUT2D eigenvalue weighted by Crippen LogP contribution is 2.31. The number of aliphatic hydroxyl groups excluding tert-OH is 1. The second-order valence-electron chi connectivity index (χ2n) is 5.49. The van der Waals surface area contributed by atoms with Gasteiger partial charge in [-0.3, -0.25) is 0 Å². The molecule has 2 rings (SSSR count). The summed E-state index contributed by atoms with van der Waals surface area (Å²) in [6, 6.07) is 4.75. The van der Waals surface area contributed by atoms with Gasteiger partial charge in [0.25, 0.3) is 0 Å². The number of benzene rings is 1. The Morgan fingerprint density at radius 2 is 2.00 bits per heavy atom. The van der Waals surface area contributed by atoms with Gasteiger partial charge in [-0.2, -0.15) is 0 Å². The quantitative estimate of drug-likeness (QED) is 0.714. The summed E-state index contributed by atoms with van der Waals surface area (Å²) in [5, 5.41) is 9.64. The monoisotopic (exact) mass is 313 g/mol. The van der Waals surface area contributed by atoms with E-state index in [0.717, 1.165) is 31.6 Å². The minimum absolute atomic E-state index is 0.215. The van der Waals surface area contributed by atoms with Crippen molar-refractivity contribution in [3.05, 3.63) is 18.2 Å². The molecule has 21 heavy (non-hydrogen) atoms. The molecule has 0 aromatic heterocycles. The summed E-state index contributed by atoms with van der Waals surface area (Å²) in [4.78, 5) is 2.30. The van der Waals surface area contributed by atoms with Crippen molar-refractivity contribution in [2.75, 3.05) is 30.8 Å². The van der Waals surface area contributed by atoms with E-state index in [1.165, 1.54) is 13.1 Å². The Labute approximate surface area is 126 Å². The van der Waals surface area contributed by atoms with Crippen LogP contribution in [-0.2, 0) is 10.0 Å². The highest BCUT2D eigenvalue weighted by molar-refractivity contribution is 7.89. The molecule has 1 heterocycles. The van der Waals surface area contributed by atoms with E-state index >= 15 is 0 Å². The normalized spacial score (nSPS) is 18.7. The summed E-state index contributed by atoms with van der Waals surface area (Å²) < 4.78 is 26.1. The molecule has 1 atom stereocenters. The maximum Gasteiger partial charge on any atom is 0.240 e. The second kappa shape index (κ2) is 6.21. The summed E-state index contributed by atoms with van der Waals surface area (Å²) in [5.74, 6) is 0.298. The minimum atomic E-state index is -3.47. The van der Waals surface area contributed by atoms with E-state index in [4.69, 9.17) is 5.73 Å². The number of nitrogens with zero attached hydrogens (tertiary/aromatic N) is 1. The number of piperidine rings is 1. The van der Waals surface area contributed by atoms with Gasteiger partial charge >= 0.3 is 0 Å². The average molecular weight is 313 g/mol. The first-order valence-corrected chi connectivity index (χ1v) is 8.59. The fourth-order valence-corrected chi connectivity index (χ4v) is 3.45. The third-order valence-electron chi connectivity index (χ3n) is 4.14. The Balaban J connectivity index is 2.23. The van der Waals surface area contributed by atoms with E-state index in [-0.39, 0.29) is 11.0 Å². The number of hydrogen-bond donors (Lipinski definition) is 3. The predicted molar refractivity (Wildman–Crippen MR) is 83.7 cm³/mol. The van der Waals surface area contributed by atoms with Crippen molar-refractivity contribution >= 4 is 21.4 Å². The maximum atomic E-state index is 11.9. The first-order valence-electron chi connectivity index (χ1n) is 7.11. The number of hydrogen-bond acceptors (Lipinski definition) is 5. The Bertz CT molecular complexity index is 593. The molecule has 1 aromatic rings. The van der Waals surface area contributed by atoms with E-state index in [9.17, 15) is 13.5 Å². The van der Waals surface area contributed by atoms with E-state index in [0.29, 0.717) is 11.6 Å². The van der Waals surface area contributed by atoms with E-state index in [2.05, 4.69) is 9.62 Å². The van der Waals surface area contributed by atoms with E-state index < -0.39 is 10.0 Å². The number of nitrogen functional groups attached to an aromatic ring is 1. The van der Waals surface area contributed by atoms with Crippen LogP contribution in [0.5, 0.6) is 0 Å². The molecular formula is C14H23N3O3S. The summed E-state index contributed by atoms with van der Waals surface area (Å²) >= 11 is 0. The summed E-state index contributed by atoms with van der Waals surface area (Å²) in [6.07, 6.45) is 1.45. The van der Waals surface area contributed by atoms with Gasteiger partial charge in [-0.15, -0.1) is 0 Å². The smallest absolute Gasteiger partial charge is 0.240 e. The van der Waals surface area contributed by atoms with Gasteiger partial charge in [0.15, 0.2) is 0 Å². The van der Waals surface area contributed by atoms with Gasteiger partial charge in [0.2, 0.25) is 10.0 Å². The molecule has 1 fully saturated rings. The molecule has 1 aliphatic heterocycles. The van der Waals surface area contributed by atoms with Gasteiger partial charge < -0.3 is 15.7 Å². The lowest BCUT2D eigenvalue weighted by Gasteiger charge is -2.35. The molecule has 1 aromatic carbocycles. The third kappa shape index (κ3) is 3.48. The largest absolute Gasteiger partial charge is 0.397 e. The summed E-state index contributed by atoms with van der Waals surface area (Å²) in [5.41, 5.74) is 7.31. The second-order valence-corrected chi connectivity index (χ2v) is 7.38. The van der Waals surface area contributed by atoms with E-state index in [1.807, 2.05) is 6.92 Å². The topological polar surface area (TPSA) is 95.7 Å². The molecule has 0 saturated carbocycles. The summed E-state index contributed by atoms with van der Waals surface area (Å²) in [6.45, 7) is 3.35. The highest BCUT2D eigenvalue weighted by atomic mass is 32.2. The number of aliphatic hydroxyl groups is 1.